The highest BCUT2D eigenvalue weighted by atomic mass is 35.5. The molecule has 1 spiro atoms. The van der Waals surface area contributed by atoms with Crippen molar-refractivity contribution in [3.63, 3.8) is 0 Å². The topological polar surface area (TPSA) is 49.7 Å². The smallest absolute Gasteiger partial charge is 0.275 e. The summed E-state index contributed by atoms with van der Waals surface area (Å²) in [5.74, 6) is -0.795. The molecule has 1 saturated carbocycles. The third kappa shape index (κ3) is 3.71. The number of hydrogen-bond acceptors (Lipinski definition) is 3. The number of ketones is 1. The second kappa shape index (κ2) is 7.71. The number of carbonyl (C=O) groups is 2. The van der Waals surface area contributed by atoms with Crippen molar-refractivity contribution in [3.05, 3.63) is 70.0 Å². The summed E-state index contributed by atoms with van der Waals surface area (Å²) < 4.78 is 13.6. The summed E-state index contributed by atoms with van der Waals surface area (Å²) in [4.78, 5) is 32.7. The Bertz CT molecular complexity index is 994. The standard InChI is InChI=1S/C23H22ClFN2O2/c1-15-13-17(7-10-19(15)25)20(28)14-27-22(29)21(16-5-8-18(24)9-6-16)26-23(27)11-3-2-4-12-23/h5-10,13H,2-4,11-12,14H2,1H3. The first-order chi connectivity index (χ1) is 13.9. The van der Waals surface area contributed by atoms with Crippen LogP contribution >= 0.6 is 11.6 Å². The number of benzene rings is 2. The van der Waals surface area contributed by atoms with Gasteiger partial charge in [-0.3, -0.25) is 14.6 Å². The van der Waals surface area contributed by atoms with Gasteiger partial charge < -0.3 is 4.90 Å². The van der Waals surface area contributed by atoms with Gasteiger partial charge in [-0.05, 0) is 68.5 Å². The number of halogens is 2. The van der Waals surface area contributed by atoms with Gasteiger partial charge in [0.15, 0.2) is 5.78 Å². The van der Waals surface area contributed by atoms with Crippen LogP contribution in [0.4, 0.5) is 4.39 Å². The van der Waals surface area contributed by atoms with Gasteiger partial charge in [0.1, 0.15) is 17.2 Å². The first-order valence-electron chi connectivity index (χ1n) is 9.87. The SMILES string of the molecule is Cc1cc(C(=O)CN2C(=O)C(c3ccc(Cl)cc3)=NC23CCCCC3)ccc1F. The van der Waals surface area contributed by atoms with E-state index in [1.165, 1.54) is 18.2 Å². The maximum absolute atomic E-state index is 13.6. The van der Waals surface area contributed by atoms with E-state index < -0.39 is 5.66 Å². The van der Waals surface area contributed by atoms with E-state index in [1.807, 2.05) is 0 Å². The molecule has 1 amide bonds. The second-order valence-corrected chi connectivity index (χ2v) is 8.23. The molecule has 0 N–H and O–H groups in total. The summed E-state index contributed by atoms with van der Waals surface area (Å²) in [6, 6.07) is 11.3. The summed E-state index contributed by atoms with van der Waals surface area (Å²) in [5, 5.41) is 0.589. The van der Waals surface area contributed by atoms with Crippen molar-refractivity contribution >= 4 is 29.0 Å². The Balaban J connectivity index is 1.66. The molecule has 0 aromatic heterocycles. The molecule has 2 aromatic carbocycles. The van der Waals surface area contributed by atoms with Gasteiger partial charge in [0.25, 0.3) is 5.91 Å². The molecule has 0 bridgehead atoms. The molecule has 4 nitrogen and oxygen atoms in total. The van der Waals surface area contributed by atoms with E-state index in [2.05, 4.69) is 0 Å². The molecule has 0 atom stereocenters. The van der Waals surface area contributed by atoms with Crippen molar-refractivity contribution in [2.24, 2.45) is 4.99 Å². The van der Waals surface area contributed by atoms with Crippen LogP contribution in [-0.4, -0.2) is 34.5 Å². The minimum absolute atomic E-state index is 0.0650. The number of carbonyl (C=O) groups excluding carboxylic acids is 2. The molecule has 150 valence electrons. The second-order valence-electron chi connectivity index (χ2n) is 7.79. The predicted octanol–water partition coefficient (Wildman–Crippen LogP) is 4.96. The average Bonchev–Trinajstić information content (AvgIpc) is 2.97. The number of Topliss-reactive ketones (excluding diaryl/α,β-unsaturated/α-hetero) is 1. The Labute approximate surface area is 174 Å². The average molecular weight is 413 g/mol. The lowest BCUT2D eigenvalue weighted by atomic mass is 9.88. The van der Waals surface area contributed by atoms with Crippen LogP contribution in [-0.2, 0) is 4.79 Å². The van der Waals surface area contributed by atoms with Crippen LogP contribution in [0.25, 0.3) is 0 Å². The van der Waals surface area contributed by atoms with Crippen LogP contribution in [0.3, 0.4) is 0 Å². The number of rotatable bonds is 4. The Kier molecular flexibility index (Phi) is 5.26. The molecule has 4 rings (SSSR count). The van der Waals surface area contributed by atoms with Gasteiger partial charge in [-0.1, -0.05) is 30.2 Å². The van der Waals surface area contributed by atoms with Crippen molar-refractivity contribution < 1.29 is 14.0 Å². The molecule has 0 saturated heterocycles. The molecule has 29 heavy (non-hydrogen) atoms. The van der Waals surface area contributed by atoms with Gasteiger partial charge in [0, 0.05) is 16.1 Å². The first kappa shape index (κ1) is 19.8. The molecule has 6 heteroatoms. The Morgan fingerprint density at radius 2 is 1.83 bits per heavy atom. The molecule has 1 heterocycles. The molecule has 1 aliphatic carbocycles. The maximum Gasteiger partial charge on any atom is 0.275 e. The lowest BCUT2D eigenvalue weighted by Crippen LogP contribution is -2.50. The summed E-state index contributed by atoms with van der Waals surface area (Å²) in [7, 11) is 0. The van der Waals surface area contributed by atoms with Crippen molar-refractivity contribution in [3.8, 4) is 0 Å². The minimum atomic E-state index is -0.672. The molecule has 0 radical (unpaired) electrons. The fourth-order valence-electron chi connectivity index (χ4n) is 4.20. The van der Waals surface area contributed by atoms with E-state index in [0.29, 0.717) is 27.4 Å². The van der Waals surface area contributed by atoms with Crippen molar-refractivity contribution in [1.29, 1.82) is 0 Å². The third-order valence-corrected chi connectivity index (χ3v) is 6.08. The van der Waals surface area contributed by atoms with Crippen LogP contribution in [0.15, 0.2) is 47.5 Å². The monoisotopic (exact) mass is 412 g/mol. The van der Waals surface area contributed by atoms with Crippen molar-refractivity contribution in [1.82, 2.24) is 4.90 Å². The van der Waals surface area contributed by atoms with Gasteiger partial charge in [-0.25, -0.2) is 4.39 Å². The van der Waals surface area contributed by atoms with E-state index >= 15 is 0 Å². The van der Waals surface area contributed by atoms with Gasteiger partial charge in [-0.2, -0.15) is 0 Å². The van der Waals surface area contributed by atoms with Gasteiger partial charge >= 0.3 is 0 Å². The first-order valence-corrected chi connectivity index (χ1v) is 10.2. The highest BCUT2D eigenvalue weighted by Gasteiger charge is 2.48. The minimum Gasteiger partial charge on any atom is -0.305 e. The number of aliphatic imine (C=N–C) groups is 1. The quantitative estimate of drug-likeness (QED) is 0.666. The van der Waals surface area contributed by atoms with E-state index in [1.54, 1.807) is 36.1 Å². The zero-order valence-corrected chi connectivity index (χ0v) is 17.0. The van der Waals surface area contributed by atoms with Gasteiger partial charge in [-0.15, -0.1) is 0 Å². The van der Waals surface area contributed by atoms with E-state index in [9.17, 15) is 14.0 Å². The molecular formula is C23H22ClFN2O2. The number of hydrogen-bond donors (Lipinski definition) is 0. The predicted molar refractivity (Wildman–Crippen MR) is 111 cm³/mol. The van der Waals surface area contributed by atoms with Crippen LogP contribution in [0.1, 0.15) is 53.6 Å². The van der Waals surface area contributed by atoms with Gasteiger partial charge in [0.2, 0.25) is 0 Å². The summed E-state index contributed by atoms with van der Waals surface area (Å²) >= 11 is 5.98. The van der Waals surface area contributed by atoms with Crippen molar-refractivity contribution in [2.75, 3.05) is 6.54 Å². The summed E-state index contributed by atoms with van der Waals surface area (Å²) in [6.45, 7) is 1.56. The normalized spacial score (nSPS) is 18.2. The molecular weight excluding hydrogens is 391 g/mol. The molecule has 2 aromatic rings. The number of nitrogens with zero attached hydrogens (tertiary/aromatic N) is 2. The Morgan fingerprint density at radius 1 is 1.14 bits per heavy atom. The summed E-state index contributed by atoms with van der Waals surface area (Å²) in [6.07, 6.45) is 4.51. The third-order valence-electron chi connectivity index (χ3n) is 5.82. The lowest BCUT2D eigenvalue weighted by molar-refractivity contribution is -0.128. The summed E-state index contributed by atoms with van der Waals surface area (Å²) in [5.41, 5.74) is 1.23. The number of aryl methyl sites for hydroxylation is 1. The van der Waals surface area contributed by atoms with Crippen LogP contribution in [0.5, 0.6) is 0 Å². The fourth-order valence-corrected chi connectivity index (χ4v) is 4.33. The van der Waals surface area contributed by atoms with E-state index in [0.717, 1.165) is 32.1 Å². The molecule has 1 fully saturated rings. The van der Waals surface area contributed by atoms with Crippen LogP contribution in [0.2, 0.25) is 5.02 Å². The molecule has 1 aliphatic heterocycles. The van der Waals surface area contributed by atoms with Crippen molar-refractivity contribution in [2.45, 2.75) is 44.7 Å². The van der Waals surface area contributed by atoms with Crippen LogP contribution < -0.4 is 0 Å². The number of amides is 1. The fraction of sp³-hybridized carbons (Fsp3) is 0.348. The Hall–Kier alpha value is -2.53. The largest absolute Gasteiger partial charge is 0.305 e. The lowest BCUT2D eigenvalue weighted by Gasteiger charge is -2.38. The van der Waals surface area contributed by atoms with E-state index in [4.69, 9.17) is 16.6 Å². The maximum atomic E-state index is 13.6. The zero-order chi connectivity index (χ0) is 20.6. The molecule has 0 unspecified atom stereocenters. The van der Waals surface area contributed by atoms with E-state index in [-0.39, 0.29) is 24.1 Å². The van der Waals surface area contributed by atoms with Gasteiger partial charge in [0.05, 0.1) is 6.54 Å². The Morgan fingerprint density at radius 3 is 2.48 bits per heavy atom. The van der Waals surface area contributed by atoms with Crippen LogP contribution in [0, 0.1) is 12.7 Å². The highest BCUT2D eigenvalue weighted by Crippen LogP contribution is 2.39. The zero-order valence-electron chi connectivity index (χ0n) is 16.3. The highest BCUT2D eigenvalue weighted by molar-refractivity contribution is 6.47. The molecule has 2 aliphatic rings.